The summed E-state index contributed by atoms with van der Waals surface area (Å²) < 4.78 is 10.2. The van der Waals surface area contributed by atoms with E-state index in [4.69, 9.17) is 9.47 Å². The third kappa shape index (κ3) is 7.29. The van der Waals surface area contributed by atoms with Crippen LogP contribution in [0.3, 0.4) is 0 Å². The molecule has 1 atom stereocenters. The Morgan fingerprint density at radius 3 is 2.20 bits per heavy atom. The Bertz CT molecular complexity index is 983. The first-order valence-corrected chi connectivity index (χ1v) is 12.0. The molecule has 0 spiro atoms. The van der Waals surface area contributed by atoms with E-state index in [2.05, 4.69) is 10.6 Å². The van der Waals surface area contributed by atoms with Crippen LogP contribution in [0.1, 0.15) is 45.5 Å². The first-order valence-electron chi connectivity index (χ1n) is 12.0. The first kappa shape index (κ1) is 26.2. The molecule has 1 aliphatic rings. The molecular weight excluding hydrogens is 446 g/mol. The van der Waals surface area contributed by atoms with Crippen LogP contribution in [0.25, 0.3) is 0 Å². The van der Waals surface area contributed by atoms with Crippen LogP contribution in [0.5, 0.6) is 5.75 Å². The number of carbonyl (C=O) groups excluding carboxylic acids is 3. The molecule has 0 saturated carbocycles. The molecule has 8 heteroatoms. The van der Waals surface area contributed by atoms with Gasteiger partial charge >= 0.3 is 0 Å². The zero-order chi connectivity index (χ0) is 25.2. The van der Waals surface area contributed by atoms with Gasteiger partial charge in [-0.1, -0.05) is 17.7 Å². The van der Waals surface area contributed by atoms with Crippen molar-refractivity contribution in [1.82, 2.24) is 15.5 Å². The zero-order valence-corrected chi connectivity index (χ0v) is 20.7. The average molecular weight is 482 g/mol. The summed E-state index contributed by atoms with van der Waals surface area (Å²) in [5, 5.41) is 5.88. The van der Waals surface area contributed by atoms with Crippen molar-refractivity contribution in [2.45, 2.75) is 32.2 Å². The van der Waals surface area contributed by atoms with Crippen LogP contribution in [0.15, 0.2) is 48.5 Å². The van der Waals surface area contributed by atoms with Gasteiger partial charge in [0, 0.05) is 44.5 Å². The highest BCUT2D eigenvalue weighted by molar-refractivity contribution is 5.98. The summed E-state index contributed by atoms with van der Waals surface area (Å²) in [7, 11) is 3.21. The number of aryl methyl sites for hydroxylation is 1. The van der Waals surface area contributed by atoms with Gasteiger partial charge in [-0.05, 0) is 68.5 Å². The minimum Gasteiger partial charge on any atom is -0.497 e. The molecule has 0 aromatic heterocycles. The van der Waals surface area contributed by atoms with Crippen LogP contribution in [-0.2, 0) is 9.53 Å². The molecule has 0 unspecified atom stereocenters. The fraction of sp³-hybridized carbons (Fsp3) is 0.444. The van der Waals surface area contributed by atoms with Gasteiger partial charge in [-0.3, -0.25) is 14.4 Å². The van der Waals surface area contributed by atoms with Crippen LogP contribution >= 0.6 is 0 Å². The lowest BCUT2D eigenvalue weighted by atomic mass is 9.88. The van der Waals surface area contributed by atoms with E-state index in [-0.39, 0.29) is 23.6 Å². The van der Waals surface area contributed by atoms with E-state index >= 15 is 0 Å². The van der Waals surface area contributed by atoms with Gasteiger partial charge in [0.15, 0.2) is 0 Å². The zero-order valence-electron chi connectivity index (χ0n) is 20.7. The second-order valence-corrected chi connectivity index (χ2v) is 8.81. The normalized spacial score (nSPS) is 14.8. The number of piperidine rings is 1. The summed E-state index contributed by atoms with van der Waals surface area (Å²) in [6.07, 6.45) is 1.92. The maximum Gasteiger partial charge on any atom is 0.253 e. The monoisotopic (exact) mass is 481 g/mol. The van der Waals surface area contributed by atoms with Gasteiger partial charge in [-0.15, -0.1) is 0 Å². The summed E-state index contributed by atoms with van der Waals surface area (Å²) in [6, 6.07) is 13.6. The number of hydrogen-bond acceptors (Lipinski definition) is 5. The van der Waals surface area contributed by atoms with Crippen molar-refractivity contribution in [1.29, 1.82) is 0 Å². The summed E-state index contributed by atoms with van der Waals surface area (Å²) in [5.41, 5.74) is 2.17. The minimum absolute atomic E-state index is 0.0460. The van der Waals surface area contributed by atoms with E-state index in [0.29, 0.717) is 62.4 Å². The van der Waals surface area contributed by atoms with Crippen molar-refractivity contribution in [3.8, 4) is 5.75 Å². The van der Waals surface area contributed by atoms with E-state index < -0.39 is 6.04 Å². The van der Waals surface area contributed by atoms with Crippen molar-refractivity contribution < 1.29 is 23.9 Å². The molecule has 1 aliphatic heterocycles. The number of amides is 3. The number of rotatable bonds is 10. The second-order valence-electron chi connectivity index (χ2n) is 8.81. The van der Waals surface area contributed by atoms with Gasteiger partial charge in [-0.25, -0.2) is 0 Å². The van der Waals surface area contributed by atoms with Gasteiger partial charge < -0.3 is 25.0 Å². The molecular formula is C27H35N3O5. The Balaban J connectivity index is 1.65. The van der Waals surface area contributed by atoms with E-state index in [0.717, 1.165) is 5.56 Å². The molecule has 0 aliphatic carbocycles. The van der Waals surface area contributed by atoms with Crippen molar-refractivity contribution in [3.05, 3.63) is 65.2 Å². The lowest BCUT2D eigenvalue weighted by Gasteiger charge is -2.36. The Morgan fingerprint density at radius 2 is 1.60 bits per heavy atom. The number of nitrogens with zero attached hydrogens (tertiary/aromatic N) is 1. The predicted molar refractivity (Wildman–Crippen MR) is 134 cm³/mol. The Morgan fingerprint density at radius 1 is 0.971 bits per heavy atom. The minimum atomic E-state index is -0.676. The van der Waals surface area contributed by atoms with Crippen molar-refractivity contribution in [2.75, 3.05) is 40.5 Å². The molecule has 1 saturated heterocycles. The third-order valence-corrected chi connectivity index (χ3v) is 6.34. The molecule has 188 valence electrons. The number of benzene rings is 2. The van der Waals surface area contributed by atoms with Gasteiger partial charge in [0.2, 0.25) is 5.91 Å². The first-order chi connectivity index (χ1) is 16.9. The third-order valence-electron chi connectivity index (χ3n) is 6.34. The van der Waals surface area contributed by atoms with Crippen molar-refractivity contribution in [3.63, 3.8) is 0 Å². The molecule has 1 heterocycles. The molecule has 2 aromatic rings. The topological polar surface area (TPSA) is 97.0 Å². The van der Waals surface area contributed by atoms with Gasteiger partial charge in [-0.2, -0.15) is 0 Å². The van der Waals surface area contributed by atoms with Crippen LogP contribution in [0, 0.1) is 12.8 Å². The number of hydrogen-bond donors (Lipinski definition) is 2. The maximum absolute atomic E-state index is 13.1. The quantitative estimate of drug-likeness (QED) is 0.509. The predicted octanol–water partition coefficient (Wildman–Crippen LogP) is 2.81. The largest absolute Gasteiger partial charge is 0.497 e. The smallest absolute Gasteiger partial charge is 0.253 e. The van der Waals surface area contributed by atoms with Gasteiger partial charge in [0.05, 0.1) is 7.11 Å². The number of ether oxygens (including phenoxy) is 2. The molecule has 1 fully saturated rings. The van der Waals surface area contributed by atoms with Gasteiger partial charge in [0.25, 0.3) is 11.8 Å². The highest BCUT2D eigenvalue weighted by Gasteiger charge is 2.34. The molecule has 3 amide bonds. The molecule has 0 bridgehead atoms. The van der Waals surface area contributed by atoms with E-state index in [1.807, 2.05) is 19.1 Å². The highest BCUT2D eigenvalue weighted by Crippen LogP contribution is 2.23. The Kier molecular flexibility index (Phi) is 9.66. The molecule has 3 rings (SSSR count). The number of methoxy groups -OCH3 is 2. The second kappa shape index (κ2) is 12.9. The number of carbonyl (C=O) groups is 3. The maximum atomic E-state index is 13.1. The van der Waals surface area contributed by atoms with Crippen LogP contribution in [-0.4, -0.2) is 69.1 Å². The summed E-state index contributed by atoms with van der Waals surface area (Å²) in [4.78, 5) is 40.7. The number of nitrogens with one attached hydrogen (secondary N) is 2. The lowest BCUT2D eigenvalue weighted by Crippen LogP contribution is -2.54. The van der Waals surface area contributed by atoms with E-state index in [9.17, 15) is 14.4 Å². The number of likely N-dealkylation sites (tertiary alicyclic amines) is 1. The summed E-state index contributed by atoms with van der Waals surface area (Å²) in [5.74, 6) is 0.0892. The van der Waals surface area contributed by atoms with Crippen LogP contribution in [0.4, 0.5) is 0 Å². The summed E-state index contributed by atoms with van der Waals surface area (Å²) in [6.45, 7) is 4.01. The fourth-order valence-electron chi connectivity index (χ4n) is 4.22. The fourth-order valence-corrected chi connectivity index (χ4v) is 4.22. The Labute approximate surface area is 207 Å². The molecule has 2 N–H and O–H groups in total. The summed E-state index contributed by atoms with van der Waals surface area (Å²) >= 11 is 0. The molecule has 35 heavy (non-hydrogen) atoms. The Hall–Kier alpha value is -3.39. The molecule has 8 nitrogen and oxygen atoms in total. The van der Waals surface area contributed by atoms with E-state index in [1.54, 1.807) is 55.5 Å². The molecule has 0 radical (unpaired) electrons. The van der Waals surface area contributed by atoms with Crippen LogP contribution < -0.4 is 15.4 Å². The SMILES string of the molecule is COCCCNC(=O)[C@H](NC(=O)c1ccc(C)cc1)C1CCN(C(=O)c2ccc(OC)cc2)CC1. The standard InChI is InChI=1S/C27H35N3O5/c1-19-5-7-21(8-6-19)25(31)29-24(26(32)28-15-4-18-34-2)20-13-16-30(17-14-20)27(33)22-9-11-23(35-3)12-10-22/h5-12,20,24H,4,13-18H2,1-3H3,(H,28,32)(H,29,31)/t24-/m1/s1. The molecule has 2 aromatic carbocycles. The highest BCUT2D eigenvalue weighted by atomic mass is 16.5. The van der Waals surface area contributed by atoms with Gasteiger partial charge in [0.1, 0.15) is 11.8 Å². The van der Waals surface area contributed by atoms with Crippen LogP contribution in [0.2, 0.25) is 0 Å². The van der Waals surface area contributed by atoms with Crippen molar-refractivity contribution in [2.24, 2.45) is 5.92 Å². The van der Waals surface area contributed by atoms with E-state index in [1.165, 1.54) is 0 Å². The average Bonchev–Trinajstić information content (AvgIpc) is 2.89. The lowest BCUT2D eigenvalue weighted by molar-refractivity contribution is -0.124. The van der Waals surface area contributed by atoms with Crippen molar-refractivity contribution >= 4 is 17.7 Å².